The monoisotopic (exact) mass is 424 g/mol. The van der Waals surface area contributed by atoms with Gasteiger partial charge in [-0.3, -0.25) is 14.5 Å². The van der Waals surface area contributed by atoms with Crippen LogP contribution in [0.25, 0.3) is 11.4 Å². The van der Waals surface area contributed by atoms with Crippen molar-refractivity contribution in [1.82, 2.24) is 20.1 Å². The van der Waals surface area contributed by atoms with Crippen molar-refractivity contribution >= 4 is 18.1 Å². The fraction of sp³-hybridized carbons (Fsp3) is 0.348. The zero-order valence-electron chi connectivity index (χ0n) is 17.4. The molecule has 0 saturated carbocycles. The number of H-pyrrole nitrogens is 1. The predicted molar refractivity (Wildman–Crippen MR) is 121 cm³/mol. The van der Waals surface area contributed by atoms with E-state index < -0.39 is 0 Å². The Morgan fingerprint density at radius 1 is 1.17 bits per heavy atom. The quantitative estimate of drug-likeness (QED) is 0.447. The van der Waals surface area contributed by atoms with Crippen molar-refractivity contribution in [1.29, 1.82) is 0 Å². The third-order valence-corrected chi connectivity index (χ3v) is 5.17. The van der Waals surface area contributed by atoms with Crippen LogP contribution in [0.15, 0.2) is 54.6 Å². The largest absolute Gasteiger partial charge is 0.494 e. The molecule has 0 aliphatic heterocycles. The molecule has 2 N–H and O–H groups in total. The summed E-state index contributed by atoms with van der Waals surface area (Å²) in [5, 5.41) is 10.4. The third kappa shape index (κ3) is 5.57. The summed E-state index contributed by atoms with van der Waals surface area (Å²) in [7, 11) is 0. The first-order valence-corrected chi connectivity index (χ1v) is 10.8. The molecule has 3 rings (SSSR count). The second-order valence-electron chi connectivity index (χ2n) is 7.03. The summed E-state index contributed by atoms with van der Waals surface area (Å²) in [4.78, 5) is 12.7. The summed E-state index contributed by atoms with van der Waals surface area (Å²) in [6.45, 7) is 5.15. The van der Waals surface area contributed by atoms with Gasteiger partial charge in [-0.1, -0.05) is 43.7 Å². The highest BCUT2D eigenvalue weighted by Crippen LogP contribution is 2.22. The average molecular weight is 425 g/mol. The number of carbonyl (C=O) groups is 1. The summed E-state index contributed by atoms with van der Waals surface area (Å²) in [6, 6.07) is 17.8. The number of nitrogens with zero attached hydrogens (tertiary/aromatic N) is 2. The highest BCUT2D eigenvalue weighted by atomic mass is 32.1. The molecule has 0 fully saturated rings. The van der Waals surface area contributed by atoms with Gasteiger partial charge in [0.05, 0.1) is 12.6 Å². The van der Waals surface area contributed by atoms with Crippen molar-refractivity contribution in [2.24, 2.45) is 0 Å². The lowest BCUT2D eigenvalue weighted by Gasteiger charge is -2.19. The van der Waals surface area contributed by atoms with E-state index in [2.05, 4.69) is 34.6 Å². The van der Waals surface area contributed by atoms with Crippen LogP contribution < -0.4 is 10.1 Å². The average Bonchev–Trinajstić information content (AvgIpc) is 3.14. The fourth-order valence-electron chi connectivity index (χ4n) is 3.39. The van der Waals surface area contributed by atoms with E-state index in [4.69, 9.17) is 17.0 Å². The summed E-state index contributed by atoms with van der Waals surface area (Å²) in [6.07, 6.45) is 2.22. The number of rotatable bonds is 10. The van der Waals surface area contributed by atoms with Gasteiger partial charge in [-0.15, -0.1) is 0 Å². The smallest absolute Gasteiger partial charge is 0.222 e. The molecule has 0 aliphatic rings. The van der Waals surface area contributed by atoms with Crippen LogP contribution in [-0.4, -0.2) is 27.3 Å². The number of hydrogen-bond donors (Lipinski definition) is 2. The number of carbonyl (C=O) groups excluding carboxylic acids is 1. The maximum Gasteiger partial charge on any atom is 0.222 e. The van der Waals surface area contributed by atoms with E-state index in [1.165, 1.54) is 0 Å². The van der Waals surface area contributed by atoms with E-state index in [0.717, 1.165) is 29.7 Å². The number of hydrogen-bond acceptors (Lipinski definition) is 4. The van der Waals surface area contributed by atoms with Gasteiger partial charge in [0.1, 0.15) is 5.75 Å². The molecule has 0 radical (unpaired) electrons. The molecular formula is C23H28N4O2S. The molecule has 1 heterocycles. The predicted octanol–water partition coefficient (Wildman–Crippen LogP) is 5.05. The van der Waals surface area contributed by atoms with Crippen molar-refractivity contribution in [2.75, 3.05) is 6.61 Å². The van der Waals surface area contributed by atoms with Crippen molar-refractivity contribution in [3.05, 3.63) is 64.9 Å². The Labute approximate surface area is 182 Å². The highest BCUT2D eigenvalue weighted by Gasteiger charge is 2.15. The first-order valence-electron chi connectivity index (χ1n) is 10.3. The zero-order valence-corrected chi connectivity index (χ0v) is 18.2. The van der Waals surface area contributed by atoms with Gasteiger partial charge in [-0.25, -0.2) is 0 Å². The third-order valence-electron chi connectivity index (χ3n) is 4.86. The van der Waals surface area contributed by atoms with Gasteiger partial charge in [0, 0.05) is 18.5 Å². The lowest BCUT2D eigenvalue weighted by Crippen LogP contribution is -2.29. The van der Waals surface area contributed by atoms with Gasteiger partial charge in [0.2, 0.25) is 5.91 Å². The SMILES string of the molecule is CCCC(NC(=O)CCn1c(-c2ccc(OCC)cc2)n[nH]c1=S)c1ccccc1. The number of amides is 1. The molecule has 3 aromatic rings. The molecule has 0 aliphatic carbocycles. The van der Waals surface area contributed by atoms with Gasteiger partial charge in [0.15, 0.2) is 10.6 Å². The summed E-state index contributed by atoms with van der Waals surface area (Å²) < 4.78 is 7.86. The normalized spacial score (nSPS) is 11.8. The first kappa shape index (κ1) is 21.8. The van der Waals surface area contributed by atoms with Gasteiger partial charge in [0.25, 0.3) is 0 Å². The van der Waals surface area contributed by atoms with Crippen LogP contribution in [0.5, 0.6) is 5.75 Å². The van der Waals surface area contributed by atoms with Crippen LogP contribution in [0.1, 0.15) is 44.7 Å². The highest BCUT2D eigenvalue weighted by molar-refractivity contribution is 7.71. The molecule has 1 amide bonds. The first-order chi connectivity index (χ1) is 14.6. The second-order valence-corrected chi connectivity index (χ2v) is 7.42. The van der Waals surface area contributed by atoms with E-state index in [0.29, 0.717) is 30.2 Å². The van der Waals surface area contributed by atoms with Crippen LogP contribution >= 0.6 is 12.2 Å². The van der Waals surface area contributed by atoms with Crippen LogP contribution in [0.4, 0.5) is 0 Å². The van der Waals surface area contributed by atoms with Crippen LogP contribution in [0, 0.1) is 4.77 Å². The molecule has 7 heteroatoms. The van der Waals surface area contributed by atoms with E-state index in [1.54, 1.807) is 0 Å². The van der Waals surface area contributed by atoms with Gasteiger partial charge >= 0.3 is 0 Å². The minimum atomic E-state index is -0.00181. The Morgan fingerprint density at radius 2 is 1.90 bits per heavy atom. The van der Waals surface area contributed by atoms with Crippen LogP contribution in [0.2, 0.25) is 0 Å². The molecule has 0 spiro atoms. The molecule has 0 bridgehead atoms. The molecule has 2 aromatic carbocycles. The Bertz CT molecular complexity index is 996. The Kier molecular flexibility index (Phi) is 7.79. The van der Waals surface area contributed by atoms with Gasteiger partial charge in [-0.2, -0.15) is 5.10 Å². The molecule has 1 aromatic heterocycles. The fourth-order valence-corrected chi connectivity index (χ4v) is 3.61. The Balaban J connectivity index is 1.67. The van der Waals surface area contributed by atoms with E-state index >= 15 is 0 Å². The Morgan fingerprint density at radius 3 is 2.57 bits per heavy atom. The zero-order chi connectivity index (χ0) is 21.3. The number of aromatic amines is 1. The summed E-state index contributed by atoms with van der Waals surface area (Å²) in [5.74, 6) is 1.52. The maximum absolute atomic E-state index is 12.7. The molecule has 1 atom stereocenters. The van der Waals surface area contributed by atoms with Crippen molar-refractivity contribution in [2.45, 2.75) is 45.7 Å². The lowest BCUT2D eigenvalue weighted by atomic mass is 10.0. The van der Waals surface area contributed by atoms with Crippen molar-refractivity contribution in [3.63, 3.8) is 0 Å². The number of ether oxygens (including phenoxy) is 1. The topological polar surface area (TPSA) is 71.9 Å². The standard InChI is InChI=1S/C23H28N4O2S/c1-3-8-20(17-9-6-5-7-10-17)24-21(28)15-16-27-22(25-26-23(27)30)18-11-13-19(14-12-18)29-4-2/h5-7,9-14,20H,3-4,8,15-16H2,1-2H3,(H,24,28)(H,26,30). The summed E-state index contributed by atoms with van der Waals surface area (Å²) in [5.41, 5.74) is 2.04. The van der Waals surface area contributed by atoms with E-state index in [1.807, 2.05) is 54.0 Å². The minimum Gasteiger partial charge on any atom is -0.494 e. The number of nitrogens with one attached hydrogen (secondary N) is 2. The molecule has 1 unspecified atom stereocenters. The lowest BCUT2D eigenvalue weighted by molar-refractivity contribution is -0.122. The summed E-state index contributed by atoms with van der Waals surface area (Å²) >= 11 is 5.39. The molecular weight excluding hydrogens is 396 g/mol. The van der Waals surface area contributed by atoms with Gasteiger partial charge < -0.3 is 10.1 Å². The van der Waals surface area contributed by atoms with Crippen molar-refractivity contribution in [3.8, 4) is 17.1 Å². The van der Waals surface area contributed by atoms with Gasteiger partial charge in [-0.05, 0) is 55.4 Å². The molecule has 30 heavy (non-hydrogen) atoms. The molecule has 6 nitrogen and oxygen atoms in total. The maximum atomic E-state index is 12.7. The van der Waals surface area contributed by atoms with Crippen LogP contribution in [-0.2, 0) is 11.3 Å². The Hall–Kier alpha value is -2.93. The number of benzene rings is 2. The molecule has 0 saturated heterocycles. The number of aromatic nitrogens is 3. The molecule has 158 valence electrons. The van der Waals surface area contributed by atoms with E-state index in [9.17, 15) is 4.79 Å². The van der Waals surface area contributed by atoms with Crippen molar-refractivity contribution < 1.29 is 9.53 Å². The van der Waals surface area contributed by atoms with Crippen LogP contribution in [0.3, 0.4) is 0 Å². The van der Waals surface area contributed by atoms with E-state index in [-0.39, 0.29) is 11.9 Å². The minimum absolute atomic E-state index is 0.00181. The second kappa shape index (κ2) is 10.7.